The van der Waals surface area contributed by atoms with Gasteiger partial charge in [-0.2, -0.15) is 0 Å². The average molecular weight is 275 g/mol. The number of carbonyl (C=O) groups excluding carboxylic acids is 1. The highest BCUT2D eigenvalue weighted by atomic mass is 16.5. The van der Waals surface area contributed by atoms with Crippen molar-refractivity contribution in [1.82, 2.24) is 5.32 Å². The zero-order chi connectivity index (χ0) is 14.1. The second-order valence-corrected chi connectivity index (χ2v) is 5.54. The first-order valence-electron chi connectivity index (χ1n) is 7.21. The highest BCUT2D eigenvalue weighted by Gasteiger charge is 2.28. The quantitative estimate of drug-likeness (QED) is 0.882. The van der Waals surface area contributed by atoms with E-state index in [-0.39, 0.29) is 18.6 Å². The van der Waals surface area contributed by atoms with Crippen molar-refractivity contribution >= 4 is 17.3 Å². The zero-order valence-corrected chi connectivity index (χ0v) is 12.1. The molecule has 1 fully saturated rings. The van der Waals surface area contributed by atoms with Crippen LogP contribution in [0.4, 0.5) is 11.4 Å². The third kappa shape index (κ3) is 2.33. The Morgan fingerprint density at radius 2 is 2.00 bits per heavy atom. The van der Waals surface area contributed by atoms with Crippen LogP contribution in [0.3, 0.4) is 0 Å². The lowest BCUT2D eigenvalue weighted by molar-refractivity contribution is -0.121. The van der Waals surface area contributed by atoms with Gasteiger partial charge in [-0.15, -0.1) is 0 Å². The number of hydrogen-bond donors (Lipinski definition) is 1. The predicted molar refractivity (Wildman–Crippen MR) is 79.6 cm³/mol. The summed E-state index contributed by atoms with van der Waals surface area (Å²) in [5.74, 6) is 0.835. The Morgan fingerprint density at radius 3 is 2.70 bits per heavy atom. The molecule has 1 amide bonds. The second kappa shape index (κ2) is 5.32. The summed E-state index contributed by atoms with van der Waals surface area (Å²) >= 11 is 0. The van der Waals surface area contributed by atoms with E-state index in [2.05, 4.69) is 22.3 Å². The summed E-state index contributed by atoms with van der Waals surface area (Å²) in [5.41, 5.74) is 2.06. The molecule has 0 unspecified atom stereocenters. The Balaban J connectivity index is 1.95. The fourth-order valence-electron chi connectivity index (χ4n) is 2.85. The van der Waals surface area contributed by atoms with E-state index in [0.29, 0.717) is 0 Å². The van der Waals surface area contributed by atoms with Crippen molar-refractivity contribution < 1.29 is 9.53 Å². The highest BCUT2D eigenvalue weighted by molar-refractivity contribution is 5.98. The Kier molecular flexibility index (Phi) is 3.53. The number of carbonyl (C=O) groups is 1. The molecule has 3 rings (SSSR count). The molecule has 1 saturated heterocycles. The van der Waals surface area contributed by atoms with Gasteiger partial charge in [-0.1, -0.05) is 0 Å². The Bertz CT molecular complexity index is 510. The molecule has 2 heterocycles. The van der Waals surface area contributed by atoms with Gasteiger partial charge in [-0.25, -0.2) is 0 Å². The number of fused-ring (bicyclic) bond motifs is 1. The van der Waals surface area contributed by atoms with Crippen LogP contribution in [0.1, 0.15) is 13.8 Å². The number of nitrogens with zero attached hydrogens (tertiary/aromatic N) is 2. The summed E-state index contributed by atoms with van der Waals surface area (Å²) in [6, 6.07) is 6.29. The van der Waals surface area contributed by atoms with E-state index < -0.39 is 0 Å². The van der Waals surface area contributed by atoms with Crippen molar-refractivity contribution in [3.8, 4) is 5.75 Å². The topological polar surface area (TPSA) is 44.8 Å². The maximum Gasteiger partial charge on any atom is 0.265 e. The van der Waals surface area contributed by atoms with Crippen LogP contribution in [0.5, 0.6) is 5.75 Å². The molecule has 108 valence electrons. The van der Waals surface area contributed by atoms with Gasteiger partial charge in [0.05, 0.1) is 5.69 Å². The van der Waals surface area contributed by atoms with Crippen molar-refractivity contribution in [2.75, 3.05) is 42.6 Å². The summed E-state index contributed by atoms with van der Waals surface area (Å²) in [5, 5.41) is 3.35. The van der Waals surface area contributed by atoms with Crippen LogP contribution in [0.2, 0.25) is 0 Å². The molecular formula is C15H21N3O2. The largest absolute Gasteiger partial charge is 0.482 e. The molecule has 0 radical (unpaired) electrons. The fraction of sp³-hybridized carbons (Fsp3) is 0.533. The molecule has 1 aromatic carbocycles. The van der Waals surface area contributed by atoms with Crippen LogP contribution >= 0.6 is 0 Å². The molecule has 0 aromatic heterocycles. The number of benzene rings is 1. The van der Waals surface area contributed by atoms with Crippen LogP contribution in [-0.4, -0.2) is 44.7 Å². The third-order valence-electron chi connectivity index (χ3n) is 3.82. The molecule has 0 saturated carbocycles. The number of nitrogens with one attached hydrogen (secondary N) is 1. The van der Waals surface area contributed by atoms with Crippen molar-refractivity contribution in [2.24, 2.45) is 0 Å². The average Bonchev–Trinajstić information content (AvgIpc) is 2.47. The number of rotatable bonds is 2. The monoisotopic (exact) mass is 275 g/mol. The first kappa shape index (κ1) is 13.2. The minimum Gasteiger partial charge on any atom is -0.482 e. The van der Waals surface area contributed by atoms with Gasteiger partial charge >= 0.3 is 0 Å². The molecule has 5 heteroatoms. The molecule has 0 atom stereocenters. The van der Waals surface area contributed by atoms with E-state index in [9.17, 15) is 4.79 Å². The molecule has 1 N–H and O–H groups in total. The number of piperazine rings is 1. The molecular weight excluding hydrogens is 254 g/mol. The van der Waals surface area contributed by atoms with Crippen molar-refractivity contribution in [3.05, 3.63) is 18.2 Å². The fourth-order valence-corrected chi connectivity index (χ4v) is 2.85. The van der Waals surface area contributed by atoms with Crippen LogP contribution < -0.4 is 19.9 Å². The van der Waals surface area contributed by atoms with Gasteiger partial charge in [0, 0.05) is 37.9 Å². The van der Waals surface area contributed by atoms with Crippen molar-refractivity contribution in [1.29, 1.82) is 0 Å². The van der Waals surface area contributed by atoms with Gasteiger partial charge in [0.2, 0.25) is 0 Å². The van der Waals surface area contributed by atoms with Crippen LogP contribution in [0, 0.1) is 0 Å². The van der Waals surface area contributed by atoms with Crippen LogP contribution in [-0.2, 0) is 4.79 Å². The number of hydrogen-bond acceptors (Lipinski definition) is 4. The zero-order valence-electron chi connectivity index (χ0n) is 12.1. The molecule has 5 nitrogen and oxygen atoms in total. The van der Waals surface area contributed by atoms with Crippen LogP contribution in [0.25, 0.3) is 0 Å². The lowest BCUT2D eigenvalue weighted by Crippen LogP contribution is -2.45. The van der Waals surface area contributed by atoms with Gasteiger partial charge in [0.1, 0.15) is 5.75 Å². The predicted octanol–water partition coefficient (Wildman–Crippen LogP) is 1.23. The van der Waals surface area contributed by atoms with Crippen LogP contribution in [0.15, 0.2) is 18.2 Å². The van der Waals surface area contributed by atoms with E-state index in [1.807, 2.05) is 24.8 Å². The third-order valence-corrected chi connectivity index (χ3v) is 3.82. The van der Waals surface area contributed by atoms with Gasteiger partial charge in [-0.05, 0) is 32.0 Å². The molecule has 20 heavy (non-hydrogen) atoms. The van der Waals surface area contributed by atoms with Gasteiger partial charge < -0.3 is 19.9 Å². The Hall–Kier alpha value is -1.75. The molecule has 2 aliphatic rings. The molecule has 1 aromatic rings. The molecule has 0 aliphatic carbocycles. The minimum atomic E-state index is 0.0324. The van der Waals surface area contributed by atoms with E-state index in [0.717, 1.165) is 43.3 Å². The summed E-state index contributed by atoms with van der Waals surface area (Å²) in [6.07, 6.45) is 0. The van der Waals surface area contributed by atoms with E-state index >= 15 is 0 Å². The van der Waals surface area contributed by atoms with Crippen molar-refractivity contribution in [2.45, 2.75) is 19.9 Å². The smallest absolute Gasteiger partial charge is 0.265 e. The lowest BCUT2D eigenvalue weighted by Gasteiger charge is -2.35. The first-order chi connectivity index (χ1) is 9.66. The summed E-state index contributed by atoms with van der Waals surface area (Å²) in [4.78, 5) is 16.2. The maximum absolute atomic E-state index is 12.1. The Labute approximate surface area is 119 Å². The Morgan fingerprint density at radius 1 is 1.25 bits per heavy atom. The highest BCUT2D eigenvalue weighted by Crippen LogP contribution is 2.36. The molecule has 0 bridgehead atoms. The number of amides is 1. The van der Waals surface area contributed by atoms with Gasteiger partial charge in [0.15, 0.2) is 6.61 Å². The summed E-state index contributed by atoms with van der Waals surface area (Å²) in [6.45, 7) is 8.19. The van der Waals surface area contributed by atoms with Gasteiger partial charge in [-0.3, -0.25) is 4.79 Å². The number of anilines is 2. The summed E-state index contributed by atoms with van der Waals surface area (Å²) in [7, 11) is 0. The van der Waals surface area contributed by atoms with Crippen molar-refractivity contribution in [3.63, 3.8) is 0 Å². The van der Waals surface area contributed by atoms with E-state index in [4.69, 9.17) is 4.74 Å². The van der Waals surface area contributed by atoms with E-state index in [1.165, 1.54) is 0 Å². The summed E-state index contributed by atoms with van der Waals surface area (Å²) < 4.78 is 5.54. The normalized spacial score (nSPS) is 19.1. The number of ether oxygens (including phenoxy) is 1. The molecule has 2 aliphatic heterocycles. The standard InChI is InChI=1S/C15H21N3O2/c1-11(2)18-13-9-12(17-7-5-16-6-8-17)3-4-14(13)20-10-15(18)19/h3-4,9,11,16H,5-8,10H2,1-2H3. The SMILES string of the molecule is CC(C)N1C(=O)COc2ccc(N3CCNCC3)cc21. The van der Waals surface area contributed by atoms with E-state index in [1.54, 1.807) is 0 Å². The molecule has 0 spiro atoms. The van der Waals surface area contributed by atoms with Gasteiger partial charge in [0.25, 0.3) is 5.91 Å². The lowest BCUT2D eigenvalue weighted by atomic mass is 10.1. The first-order valence-corrected chi connectivity index (χ1v) is 7.21. The minimum absolute atomic E-state index is 0.0324. The second-order valence-electron chi connectivity index (χ2n) is 5.54. The maximum atomic E-state index is 12.1.